The van der Waals surface area contributed by atoms with Crippen LogP contribution in [-0.4, -0.2) is 73.1 Å². The smallest absolute Gasteiger partial charge is 0.249 e. The van der Waals surface area contributed by atoms with Crippen molar-refractivity contribution in [1.29, 1.82) is 0 Å². The van der Waals surface area contributed by atoms with E-state index in [0.29, 0.717) is 6.42 Å². The second kappa shape index (κ2) is 12.1. The van der Waals surface area contributed by atoms with E-state index < -0.39 is 11.4 Å². The van der Waals surface area contributed by atoms with Gasteiger partial charge in [-0.05, 0) is 31.4 Å². The van der Waals surface area contributed by atoms with Crippen molar-refractivity contribution in [3.63, 3.8) is 0 Å². The number of hydrogen-bond donors (Lipinski definition) is 3. The number of amides is 2. The number of thiol groups is 1. The maximum atomic E-state index is 11.8. The van der Waals surface area contributed by atoms with Crippen LogP contribution in [0.1, 0.15) is 34.1 Å². The van der Waals surface area contributed by atoms with Gasteiger partial charge in [0, 0.05) is 12.5 Å². The molecule has 2 aliphatic rings. The van der Waals surface area contributed by atoms with E-state index in [1.54, 1.807) is 18.7 Å². The first-order valence-corrected chi connectivity index (χ1v) is 10.6. The largest absolute Gasteiger partial charge is 0.371 e. The van der Waals surface area contributed by atoms with Gasteiger partial charge in [-0.15, -0.1) is 24.6 Å². The third kappa shape index (κ3) is 7.44. The topological polar surface area (TPSA) is 81.1 Å². The number of rotatable bonds is 4. The molecule has 3 unspecified atom stereocenters. The molecule has 2 aliphatic heterocycles. The van der Waals surface area contributed by atoms with E-state index >= 15 is 0 Å². The average molecular weight is 427 g/mol. The van der Waals surface area contributed by atoms with Crippen molar-refractivity contribution in [2.75, 3.05) is 24.6 Å². The summed E-state index contributed by atoms with van der Waals surface area (Å²) in [7, 11) is 0. The number of terminal acetylenes is 2. The zero-order valence-electron chi connectivity index (χ0n) is 16.9. The molecule has 156 valence electrons. The minimum atomic E-state index is -1.20. The quantitative estimate of drug-likeness (QED) is 0.467. The number of carbonyl (C=O) groups excluding carboxylic acids is 2. The summed E-state index contributed by atoms with van der Waals surface area (Å²) in [6, 6.07) is 0. The van der Waals surface area contributed by atoms with Gasteiger partial charge in [-0.25, -0.2) is 0 Å². The van der Waals surface area contributed by atoms with Crippen molar-refractivity contribution in [2.24, 2.45) is 0 Å². The zero-order valence-corrected chi connectivity index (χ0v) is 18.6. The normalized spacial score (nSPS) is 28.1. The summed E-state index contributed by atoms with van der Waals surface area (Å²) in [5.74, 6) is 6.23. The Bertz CT molecular complexity index is 648. The van der Waals surface area contributed by atoms with Gasteiger partial charge < -0.3 is 15.1 Å². The van der Waals surface area contributed by atoms with Gasteiger partial charge >= 0.3 is 0 Å². The fourth-order valence-corrected chi connectivity index (χ4v) is 3.70. The Morgan fingerprint density at radius 2 is 1.71 bits per heavy atom. The van der Waals surface area contributed by atoms with Gasteiger partial charge in [0.15, 0.2) is 5.72 Å². The number of thioether (sulfide) groups is 1. The lowest BCUT2D eigenvalue weighted by Gasteiger charge is -2.27. The molecule has 8 heteroatoms. The SMILES string of the molecule is C#CCN1C(=O)C(SCC)CC1(C)O.C#CCN1C(=O)C=CC1(C)O.CCS. The standard InChI is InChI=1S/C10H15NO2S.C8H9NO2.C2H6S/c1-4-6-11-9(12)8(14-5-2)7-10(11,3)13;1-3-6-9-7(10)4-5-8(9,2)11;1-2-3/h1,8,13H,5-7H2,2-3H3;1,4-5,11H,6H2,2H3;3H,2H2,1H3. The van der Waals surface area contributed by atoms with Gasteiger partial charge in [0.25, 0.3) is 0 Å². The molecular weight excluding hydrogens is 396 g/mol. The first-order chi connectivity index (χ1) is 13.0. The van der Waals surface area contributed by atoms with Crippen LogP contribution in [-0.2, 0) is 9.59 Å². The molecule has 0 saturated carbocycles. The first-order valence-electron chi connectivity index (χ1n) is 8.88. The van der Waals surface area contributed by atoms with Gasteiger partial charge in [-0.1, -0.05) is 25.7 Å². The monoisotopic (exact) mass is 426 g/mol. The lowest BCUT2D eigenvalue weighted by Crippen LogP contribution is -2.43. The predicted octanol–water partition coefficient (Wildman–Crippen LogP) is 1.34. The number of nitrogens with zero attached hydrogens (tertiary/aromatic N) is 2. The van der Waals surface area contributed by atoms with Crippen LogP contribution >= 0.6 is 24.4 Å². The molecule has 2 N–H and O–H groups in total. The molecule has 2 rings (SSSR count). The molecule has 0 aromatic rings. The lowest BCUT2D eigenvalue weighted by molar-refractivity contribution is -0.140. The molecule has 0 aromatic heterocycles. The summed E-state index contributed by atoms with van der Waals surface area (Å²) >= 11 is 5.35. The molecule has 2 heterocycles. The highest BCUT2D eigenvalue weighted by Gasteiger charge is 2.46. The van der Waals surface area contributed by atoms with Crippen LogP contribution < -0.4 is 0 Å². The Labute approximate surface area is 178 Å². The number of hydrogen-bond acceptors (Lipinski definition) is 6. The molecular formula is C20H30N2O4S2. The van der Waals surface area contributed by atoms with E-state index in [-0.39, 0.29) is 30.2 Å². The average Bonchev–Trinajstić information content (AvgIpc) is 2.98. The van der Waals surface area contributed by atoms with Gasteiger partial charge in [0.2, 0.25) is 11.8 Å². The van der Waals surface area contributed by atoms with Crippen molar-refractivity contribution >= 4 is 36.2 Å². The molecule has 1 saturated heterocycles. The molecule has 0 bridgehead atoms. The second-order valence-corrected chi connectivity index (χ2v) is 8.48. The van der Waals surface area contributed by atoms with Crippen molar-refractivity contribution in [2.45, 2.75) is 50.8 Å². The molecule has 6 nitrogen and oxygen atoms in total. The highest BCUT2D eigenvalue weighted by atomic mass is 32.2. The molecule has 28 heavy (non-hydrogen) atoms. The van der Waals surface area contributed by atoms with Gasteiger partial charge in [0.05, 0.1) is 18.3 Å². The zero-order chi connectivity index (χ0) is 22.0. The van der Waals surface area contributed by atoms with E-state index in [0.717, 1.165) is 11.5 Å². The van der Waals surface area contributed by atoms with Crippen LogP contribution in [0.3, 0.4) is 0 Å². The number of aliphatic hydroxyl groups is 2. The Morgan fingerprint density at radius 1 is 1.21 bits per heavy atom. The molecule has 0 aliphatic carbocycles. The van der Waals surface area contributed by atoms with E-state index in [9.17, 15) is 19.8 Å². The maximum Gasteiger partial charge on any atom is 0.249 e. The summed E-state index contributed by atoms with van der Waals surface area (Å²) in [6.07, 6.45) is 13.4. The minimum absolute atomic E-state index is 0.0419. The van der Waals surface area contributed by atoms with Gasteiger partial charge in [-0.2, -0.15) is 12.6 Å². The Balaban J connectivity index is 0.000000466. The molecule has 0 aromatic carbocycles. The van der Waals surface area contributed by atoms with E-state index in [1.165, 1.54) is 28.9 Å². The third-order valence-corrected chi connectivity index (χ3v) is 5.02. The van der Waals surface area contributed by atoms with Gasteiger partial charge in [-0.3, -0.25) is 14.5 Å². The molecule has 0 radical (unpaired) electrons. The van der Waals surface area contributed by atoms with E-state index in [2.05, 4.69) is 24.5 Å². The number of carbonyl (C=O) groups is 2. The fraction of sp³-hybridized carbons (Fsp3) is 0.600. The Morgan fingerprint density at radius 3 is 2.11 bits per heavy atom. The Hall–Kier alpha value is -1.58. The maximum absolute atomic E-state index is 11.8. The summed E-state index contributed by atoms with van der Waals surface area (Å²) in [6.45, 7) is 7.47. The Kier molecular flexibility index (Phi) is 11.4. The molecule has 1 fully saturated rings. The van der Waals surface area contributed by atoms with Crippen molar-refractivity contribution < 1.29 is 19.8 Å². The second-order valence-electron chi connectivity index (χ2n) is 6.37. The summed E-state index contributed by atoms with van der Waals surface area (Å²) in [5, 5.41) is 19.3. The summed E-state index contributed by atoms with van der Waals surface area (Å²) in [4.78, 5) is 25.3. The van der Waals surface area contributed by atoms with Crippen LogP contribution in [0.15, 0.2) is 12.2 Å². The number of likely N-dealkylation sites (tertiary alicyclic amines) is 1. The first kappa shape index (κ1) is 26.4. The lowest BCUT2D eigenvalue weighted by atomic mass is 10.2. The van der Waals surface area contributed by atoms with Crippen LogP contribution in [0.25, 0.3) is 0 Å². The van der Waals surface area contributed by atoms with Crippen LogP contribution in [0.4, 0.5) is 0 Å². The highest BCUT2D eigenvalue weighted by Crippen LogP contribution is 2.34. The molecule has 2 amide bonds. The van der Waals surface area contributed by atoms with E-state index in [4.69, 9.17) is 12.8 Å². The molecule has 0 spiro atoms. The summed E-state index contributed by atoms with van der Waals surface area (Å²) < 4.78 is 0. The van der Waals surface area contributed by atoms with Crippen LogP contribution in [0.5, 0.6) is 0 Å². The van der Waals surface area contributed by atoms with Crippen molar-refractivity contribution in [3.8, 4) is 24.7 Å². The van der Waals surface area contributed by atoms with Crippen molar-refractivity contribution in [1.82, 2.24) is 9.80 Å². The van der Waals surface area contributed by atoms with Crippen LogP contribution in [0.2, 0.25) is 0 Å². The molecule has 3 atom stereocenters. The third-order valence-electron chi connectivity index (χ3n) is 3.92. The highest BCUT2D eigenvalue weighted by molar-refractivity contribution is 8.00. The fourth-order valence-electron chi connectivity index (χ4n) is 2.59. The summed E-state index contributed by atoms with van der Waals surface area (Å²) in [5.41, 5.74) is -2.28. The minimum Gasteiger partial charge on any atom is -0.371 e. The van der Waals surface area contributed by atoms with E-state index in [1.807, 2.05) is 13.8 Å². The predicted molar refractivity (Wildman–Crippen MR) is 118 cm³/mol. The van der Waals surface area contributed by atoms with Gasteiger partial charge in [0.1, 0.15) is 5.72 Å². The van der Waals surface area contributed by atoms with Crippen LogP contribution in [0, 0.1) is 24.7 Å². The van der Waals surface area contributed by atoms with Crippen molar-refractivity contribution in [3.05, 3.63) is 12.2 Å².